The standard InChI is InChI=1S/C16H22ClN3O/c17-15-11-14(3-6-18-15)16(21)20-9-4-13(5-10-20)12-19-7-1-2-8-19/h3,6,11,13H,1-2,4-5,7-10,12H2. The molecule has 0 saturated carbocycles. The summed E-state index contributed by atoms with van der Waals surface area (Å²) >= 11 is 5.86. The molecule has 21 heavy (non-hydrogen) atoms. The van der Waals surface area contributed by atoms with Gasteiger partial charge in [-0.15, -0.1) is 0 Å². The Morgan fingerprint density at radius 1 is 1.24 bits per heavy atom. The molecule has 2 saturated heterocycles. The summed E-state index contributed by atoms with van der Waals surface area (Å²) in [7, 11) is 0. The molecule has 1 aromatic heterocycles. The summed E-state index contributed by atoms with van der Waals surface area (Å²) in [6.07, 6.45) is 6.51. The van der Waals surface area contributed by atoms with Crippen molar-refractivity contribution < 1.29 is 4.79 Å². The van der Waals surface area contributed by atoms with Gasteiger partial charge in [0, 0.05) is 31.4 Å². The average molecular weight is 308 g/mol. The normalized spacial score (nSPS) is 20.9. The van der Waals surface area contributed by atoms with Crippen molar-refractivity contribution in [1.82, 2.24) is 14.8 Å². The molecule has 4 nitrogen and oxygen atoms in total. The SMILES string of the molecule is O=C(c1ccnc(Cl)c1)N1CCC(CN2CCCC2)CC1. The molecule has 5 heteroatoms. The first kappa shape index (κ1) is 14.8. The lowest BCUT2D eigenvalue weighted by molar-refractivity contribution is 0.0673. The van der Waals surface area contributed by atoms with Crippen LogP contribution in [0.3, 0.4) is 0 Å². The zero-order chi connectivity index (χ0) is 14.7. The first-order chi connectivity index (χ1) is 10.2. The lowest BCUT2D eigenvalue weighted by atomic mass is 9.96. The number of halogens is 1. The van der Waals surface area contributed by atoms with E-state index < -0.39 is 0 Å². The molecule has 3 heterocycles. The number of piperidine rings is 1. The minimum absolute atomic E-state index is 0.0823. The molecule has 0 radical (unpaired) electrons. The van der Waals surface area contributed by atoms with Gasteiger partial charge in [0.15, 0.2) is 0 Å². The van der Waals surface area contributed by atoms with Gasteiger partial charge in [-0.05, 0) is 56.8 Å². The van der Waals surface area contributed by atoms with Gasteiger partial charge in [-0.1, -0.05) is 11.6 Å². The van der Waals surface area contributed by atoms with E-state index >= 15 is 0 Å². The van der Waals surface area contributed by atoms with E-state index in [0.717, 1.165) is 31.8 Å². The van der Waals surface area contributed by atoms with E-state index in [2.05, 4.69) is 9.88 Å². The van der Waals surface area contributed by atoms with Crippen LogP contribution in [-0.4, -0.2) is 53.4 Å². The van der Waals surface area contributed by atoms with Gasteiger partial charge in [-0.2, -0.15) is 0 Å². The molecule has 0 atom stereocenters. The van der Waals surface area contributed by atoms with Crippen LogP contribution in [0.2, 0.25) is 5.15 Å². The molecular formula is C16H22ClN3O. The van der Waals surface area contributed by atoms with Gasteiger partial charge in [-0.25, -0.2) is 4.98 Å². The molecule has 0 aromatic carbocycles. The summed E-state index contributed by atoms with van der Waals surface area (Å²) < 4.78 is 0. The molecule has 114 valence electrons. The quantitative estimate of drug-likeness (QED) is 0.806. The number of likely N-dealkylation sites (tertiary alicyclic amines) is 2. The van der Waals surface area contributed by atoms with Gasteiger partial charge in [-0.3, -0.25) is 4.79 Å². The van der Waals surface area contributed by atoms with E-state index in [1.807, 2.05) is 4.90 Å². The summed E-state index contributed by atoms with van der Waals surface area (Å²) in [5, 5.41) is 0.379. The third kappa shape index (κ3) is 3.74. The van der Waals surface area contributed by atoms with Crippen LogP contribution in [-0.2, 0) is 0 Å². The van der Waals surface area contributed by atoms with Gasteiger partial charge < -0.3 is 9.80 Å². The number of pyridine rings is 1. The van der Waals surface area contributed by atoms with Crippen molar-refractivity contribution >= 4 is 17.5 Å². The summed E-state index contributed by atoms with van der Waals surface area (Å²) in [6, 6.07) is 3.39. The van der Waals surface area contributed by atoms with Crippen molar-refractivity contribution in [2.45, 2.75) is 25.7 Å². The molecule has 1 aromatic rings. The zero-order valence-corrected chi connectivity index (χ0v) is 13.1. The molecule has 2 aliphatic rings. The first-order valence-corrected chi connectivity index (χ1v) is 8.23. The molecule has 0 aliphatic carbocycles. The zero-order valence-electron chi connectivity index (χ0n) is 12.3. The molecule has 1 amide bonds. The fourth-order valence-corrected chi connectivity index (χ4v) is 3.54. The third-order valence-electron chi connectivity index (χ3n) is 4.59. The molecule has 0 bridgehead atoms. The minimum Gasteiger partial charge on any atom is -0.339 e. The molecule has 3 rings (SSSR count). The van der Waals surface area contributed by atoms with Crippen LogP contribution in [0.5, 0.6) is 0 Å². The largest absolute Gasteiger partial charge is 0.339 e. The van der Waals surface area contributed by atoms with Crippen LogP contribution >= 0.6 is 11.6 Å². The van der Waals surface area contributed by atoms with E-state index in [4.69, 9.17) is 11.6 Å². The molecule has 0 unspecified atom stereocenters. The number of rotatable bonds is 3. The smallest absolute Gasteiger partial charge is 0.254 e. The first-order valence-electron chi connectivity index (χ1n) is 7.85. The molecular weight excluding hydrogens is 286 g/mol. The summed E-state index contributed by atoms with van der Waals surface area (Å²) in [6.45, 7) is 5.45. The van der Waals surface area contributed by atoms with E-state index in [0.29, 0.717) is 10.7 Å². The van der Waals surface area contributed by atoms with Gasteiger partial charge in [0.05, 0.1) is 0 Å². The number of aromatic nitrogens is 1. The predicted molar refractivity (Wildman–Crippen MR) is 83.5 cm³/mol. The van der Waals surface area contributed by atoms with E-state index in [-0.39, 0.29) is 5.91 Å². The van der Waals surface area contributed by atoms with Crippen molar-refractivity contribution in [3.63, 3.8) is 0 Å². The maximum atomic E-state index is 12.4. The highest BCUT2D eigenvalue weighted by atomic mass is 35.5. The average Bonchev–Trinajstić information content (AvgIpc) is 3.00. The van der Waals surface area contributed by atoms with Gasteiger partial charge in [0.2, 0.25) is 0 Å². The summed E-state index contributed by atoms with van der Waals surface area (Å²) in [5.41, 5.74) is 0.646. The monoisotopic (exact) mass is 307 g/mol. The Morgan fingerprint density at radius 2 is 1.95 bits per heavy atom. The molecule has 2 fully saturated rings. The molecule has 0 N–H and O–H groups in total. The second-order valence-corrected chi connectivity index (χ2v) is 6.50. The molecule has 0 spiro atoms. The maximum Gasteiger partial charge on any atom is 0.254 e. The van der Waals surface area contributed by atoms with Crippen LogP contribution in [0.4, 0.5) is 0 Å². The highest BCUT2D eigenvalue weighted by molar-refractivity contribution is 6.29. The van der Waals surface area contributed by atoms with Crippen LogP contribution < -0.4 is 0 Å². The van der Waals surface area contributed by atoms with Gasteiger partial charge >= 0.3 is 0 Å². The topological polar surface area (TPSA) is 36.4 Å². The number of carbonyl (C=O) groups is 1. The fraction of sp³-hybridized carbons (Fsp3) is 0.625. The number of nitrogens with zero attached hydrogens (tertiary/aromatic N) is 3. The second-order valence-electron chi connectivity index (χ2n) is 6.11. The second kappa shape index (κ2) is 6.75. The summed E-state index contributed by atoms with van der Waals surface area (Å²) in [4.78, 5) is 20.9. The third-order valence-corrected chi connectivity index (χ3v) is 4.80. The van der Waals surface area contributed by atoms with E-state index in [1.54, 1.807) is 18.3 Å². The van der Waals surface area contributed by atoms with Crippen molar-refractivity contribution in [2.24, 2.45) is 5.92 Å². The Morgan fingerprint density at radius 3 is 2.62 bits per heavy atom. The lowest BCUT2D eigenvalue weighted by Crippen LogP contribution is -2.41. The maximum absolute atomic E-state index is 12.4. The molecule has 2 aliphatic heterocycles. The van der Waals surface area contributed by atoms with Crippen LogP contribution in [0.1, 0.15) is 36.0 Å². The van der Waals surface area contributed by atoms with E-state index in [9.17, 15) is 4.79 Å². The highest BCUT2D eigenvalue weighted by Gasteiger charge is 2.25. The number of hydrogen-bond acceptors (Lipinski definition) is 3. The van der Waals surface area contributed by atoms with Gasteiger partial charge in [0.25, 0.3) is 5.91 Å². The predicted octanol–water partition coefficient (Wildman–Crippen LogP) is 2.68. The van der Waals surface area contributed by atoms with Crippen molar-refractivity contribution in [2.75, 3.05) is 32.7 Å². The van der Waals surface area contributed by atoms with Crippen molar-refractivity contribution in [3.05, 3.63) is 29.0 Å². The Labute approximate surface area is 131 Å². The Kier molecular flexibility index (Phi) is 4.76. The highest BCUT2D eigenvalue weighted by Crippen LogP contribution is 2.22. The Hall–Kier alpha value is -1.13. The van der Waals surface area contributed by atoms with Crippen molar-refractivity contribution in [3.8, 4) is 0 Å². The van der Waals surface area contributed by atoms with Crippen LogP contribution in [0.15, 0.2) is 18.3 Å². The van der Waals surface area contributed by atoms with Crippen LogP contribution in [0, 0.1) is 5.92 Å². The fourth-order valence-electron chi connectivity index (χ4n) is 3.37. The van der Waals surface area contributed by atoms with Crippen molar-refractivity contribution in [1.29, 1.82) is 0 Å². The Balaban J connectivity index is 1.52. The van der Waals surface area contributed by atoms with Gasteiger partial charge in [0.1, 0.15) is 5.15 Å². The summed E-state index contributed by atoms with van der Waals surface area (Å²) in [5.74, 6) is 0.826. The number of carbonyl (C=O) groups excluding carboxylic acids is 1. The number of amides is 1. The lowest BCUT2D eigenvalue weighted by Gasteiger charge is -2.34. The number of hydrogen-bond donors (Lipinski definition) is 0. The van der Waals surface area contributed by atoms with Crippen LogP contribution in [0.25, 0.3) is 0 Å². The minimum atomic E-state index is 0.0823. The Bertz CT molecular complexity index is 494. The van der Waals surface area contributed by atoms with E-state index in [1.165, 1.54) is 32.5 Å².